The van der Waals surface area contributed by atoms with Crippen LogP contribution in [0.4, 0.5) is 5.69 Å². The van der Waals surface area contributed by atoms with E-state index < -0.39 is 22.0 Å². The van der Waals surface area contributed by atoms with Crippen LogP contribution in [0.5, 0.6) is 17.2 Å². The Morgan fingerprint density at radius 3 is 2.00 bits per heavy atom. The van der Waals surface area contributed by atoms with Crippen molar-refractivity contribution in [2.75, 3.05) is 51.4 Å². The molecule has 0 aromatic heterocycles. The quantitative estimate of drug-likeness (QED) is 0.313. The molecule has 2 aromatic rings. The fourth-order valence-corrected chi connectivity index (χ4v) is 6.31. The van der Waals surface area contributed by atoms with Gasteiger partial charge in [0.1, 0.15) is 29.5 Å². The van der Waals surface area contributed by atoms with Crippen LogP contribution in [0, 0.1) is 0 Å². The fourth-order valence-electron chi connectivity index (χ4n) is 4.07. The van der Waals surface area contributed by atoms with Gasteiger partial charge in [-0.05, 0) is 51.0 Å². The van der Waals surface area contributed by atoms with E-state index in [0.717, 1.165) is 19.3 Å². The van der Waals surface area contributed by atoms with E-state index >= 15 is 0 Å². The highest BCUT2D eigenvalue weighted by Gasteiger charge is 2.30. The standard InChI is InChI=1S/C26H32Cl2N2O8S/c1-4-36-24(31)16-29(17-25(32)37-5-2)18-13-20(27)26(21(28)14-18)38-19-9-10-22(35-3)23(15-19)39(33,34)30-11-7-6-8-12-30/h9-10,13-15H,4-8,11-12,16-17H2,1-3H3. The average Bonchev–Trinajstić information content (AvgIpc) is 2.91. The van der Waals surface area contributed by atoms with Crippen molar-refractivity contribution in [3.63, 3.8) is 0 Å². The number of anilines is 1. The number of sulfonamides is 1. The van der Waals surface area contributed by atoms with E-state index in [1.54, 1.807) is 19.9 Å². The zero-order valence-corrected chi connectivity index (χ0v) is 24.4. The highest BCUT2D eigenvalue weighted by Crippen LogP contribution is 2.41. The number of methoxy groups -OCH3 is 1. The van der Waals surface area contributed by atoms with Crippen molar-refractivity contribution < 1.29 is 37.0 Å². The maximum atomic E-state index is 13.4. The van der Waals surface area contributed by atoms with Gasteiger partial charge in [0.15, 0.2) is 5.75 Å². The van der Waals surface area contributed by atoms with Crippen molar-refractivity contribution >= 4 is 50.9 Å². The molecule has 2 aromatic carbocycles. The van der Waals surface area contributed by atoms with E-state index in [-0.39, 0.29) is 58.5 Å². The van der Waals surface area contributed by atoms with Crippen LogP contribution >= 0.6 is 23.2 Å². The Balaban J connectivity index is 1.92. The van der Waals surface area contributed by atoms with E-state index in [1.165, 1.54) is 40.6 Å². The molecule has 1 heterocycles. The molecule has 3 rings (SSSR count). The van der Waals surface area contributed by atoms with Crippen molar-refractivity contribution in [1.29, 1.82) is 0 Å². The first-order valence-corrected chi connectivity index (χ1v) is 14.7. The molecule has 0 atom stereocenters. The second-order valence-corrected chi connectivity index (χ2v) is 11.3. The van der Waals surface area contributed by atoms with Crippen molar-refractivity contribution in [2.24, 2.45) is 0 Å². The minimum Gasteiger partial charge on any atom is -0.495 e. The second kappa shape index (κ2) is 14.1. The number of halogens is 2. The molecule has 0 unspecified atom stereocenters. The molecule has 214 valence electrons. The first-order chi connectivity index (χ1) is 18.6. The third-order valence-corrected chi connectivity index (χ3v) is 8.37. The molecule has 1 aliphatic heterocycles. The summed E-state index contributed by atoms with van der Waals surface area (Å²) in [6.07, 6.45) is 2.56. The number of rotatable bonds is 12. The van der Waals surface area contributed by atoms with E-state index in [4.69, 9.17) is 42.1 Å². The van der Waals surface area contributed by atoms with Gasteiger partial charge in [0.25, 0.3) is 0 Å². The Morgan fingerprint density at radius 2 is 1.49 bits per heavy atom. The maximum Gasteiger partial charge on any atom is 0.325 e. The summed E-state index contributed by atoms with van der Waals surface area (Å²) in [5.41, 5.74) is 0.363. The summed E-state index contributed by atoms with van der Waals surface area (Å²) in [5, 5.41) is 0.151. The van der Waals surface area contributed by atoms with E-state index in [2.05, 4.69) is 0 Å². The van der Waals surface area contributed by atoms with Gasteiger partial charge in [-0.15, -0.1) is 0 Å². The number of hydrogen-bond donors (Lipinski definition) is 0. The third kappa shape index (κ3) is 7.91. The topological polar surface area (TPSA) is 112 Å². The van der Waals surface area contributed by atoms with Crippen LogP contribution in [0.25, 0.3) is 0 Å². The molecule has 0 N–H and O–H groups in total. The van der Waals surface area contributed by atoms with Gasteiger partial charge in [0, 0.05) is 24.8 Å². The molecule has 13 heteroatoms. The van der Waals surface area contributed by atoms with Gasteiger partial charge >= 0.3 is 11.9 Å². The number of nitrogens with zero attached hydrogens (tertiary/aromatic N) is 2. The summed E-state index contributed by atoms with van der Waals surface area (Å²) in [4.78, 5) is 25.7. The van der Waals surface area contributed by atoms with Crippen LogP contribution < -0.4 is 14.4 Å². The smallest absolute Gasteiger partial charge is 0.325 e. The molecule has 0 saturated carbocycles. The summed E-state index contributed by atoms with van der Waals surface area (Å²) in [6.45, 7) is 4.10. The molecule has 1 saturated heterocycles. The Kier molecular flexibility index (Phi) is 11.1. The van der Waals surface area contributed by atoms with Gasteiger partial charge in [0.05, 0.1) is 30.4 Å². The van der Waals surface area contributed by atoms with E-state index in [9.17, 15) is 18.0 Å². The third-order valence-electron chi connectivity index (χ3n) is 5.89. The van der Waals surface area contributed by atoms with Crippen LogP contribution in [-0.2, 0) is 29.1 Å². The monoisotopic (exact) mass is 602 g/mol. The van der Waals surface area contributed by atoms with E-state index in [1.807, 2.05) is 0 Å². The summed E-state index contributed by atoms with van der Waals surface area (Å²) < 4.78 is 49.4. The number of esters is 2. The molecule has 0 amide bonds. The molecular weight excluding hydrogens is 571 g/mol. The van der Waals surface area contributed by atoms with Gasteiger partial charge in [-0.25, -0.2) is 8.42 Å². The van der Waals surface area contributed by atoms with Gasteiger partial charge in [0.2, 0.25) is 10.0 Å². The zero-order valence-electron chi connectivity index (χ0n) is 22.1. The highest BCUT2D eigenvalue weighted by atomic mass is 35.5. The maximum absolute atomic E-state index is 13.4. The normalized spacial score (nSPS) is 14.0. The van der Waals surface area contributed by atoms with Crippen LogP contribution in [-0.4, -0.2) is 71.2 Å². The molecule has 10 nitrogen and oxygen atoms in total. The zero-order chi connectivity index (χ0) is 28.6. The van der Waals surface area contributed by atoms with E-state index in [0.29, 0.717) is 18.8 Å². The Bertz CT molecular complexity index is 1240. The number of ether oxygens (including phenoxy) is 4. The molecule has 0 spiro atoms. The predicted octanol–water partition coefficient (Wildman–Crippen LogP) is 4.90. The molecule has 0 bridgehead atoms. The number of carbonyl (C=O) groups excluding carboxylic acids is 2. The minimum absolute atomic E-state index is 0.0247. The lowest BCUT2D eigenvalue weighted by molar-refractivity contribution is -0.142. The van der Waals surface area contributed by atoms with Gasteiger partial charge in [-0.2, -0.15) is 4.31 Å². The molecule has 0 aliphatic carbocycles. The molecule has 0 radical (unpaired) electrons. The Labute approximate surface area is 238 Å². The first-order valence-electron chi connectivity index (χ1n) is 12.5. The summed E-state index contributed by atoms with van der Waals surface area (Å²) in [7, 11) is -2.42. The average molecular weight is 604 g/mol. The fraction of sp³-hybridized carbons (Fsp3) is 0.462. The lowest BCUT2D eigenvalue weighted by atomic mass is 10.2. The number of carbonyl (C=O) groups is 2. The molecular formula is C26H32Cl2N2O8S. The molecule has 1 aliphatic rings. The Hall–Kier alpha value is -2.73. The van der Waals surface area contributed by atoms with Gasteiger partial charge in [-0.3, -0.25) is 9.59 Å². The van der Waals surface area contributed by atoms with Crippen molar-refractivity contribution in [3.8, 4) is 17.2 Å². The molecule has 39 heavy (non-hydrogen) atoms. The van der Waals surface area contributed by atoms with Gasteiger partial charge in [-0.1, -0.05) is 29.6 Å². The van der Waals surface area contributed by atoms with Crippen LogP contribution in [0.2, 0.25) is 10.0 Å². The predicted molar refractivity (Wildman–Crippen MR) is 148 cm³/mol. The van der Waals surface area contributed by atoms with Gasteiger partial charge < -0.3 is 23.8 Å². The number of piperidine rings is 1. The number of benzene rings is 2. The summed E-state index contributed by atoms with van der Waals surface area (Å²) >= 11 is 13.0. The van der Waals surface area contributed by atoms with Crippen LogP contribution in [0.1, 0.15) is 33.1 Å². The summed E-state index contributed by atoms with van der Waals surface area (Å²) in [5.74, 6) is -0.655. The number of hydrogen-bond acceptors (Lipinski definition) is 9. The lowest BCUT2D eigenvalue weighted by Gasteiger charge is -2.26. The first kappa shape index (κ1) is 30.8. The van der Waals surface area contributed by atoms with Crippen LogP contribution in [0.15, 0.2) is 35.2 Å². The highest BCUT2D eigenvalue weighted by molar-refractivity contribution is 7.89. The summed E-state index contributed by atoms with van der Waals surface area (Å²) in [6, 6.07) is 7.38. The minimum atomic E-state index is -3.82. The largest absolute Gasteiger partial charge is 0.495 e. The second-order valence-electron chi connectivity index (χ2n) is 8.58. The lowest BCUT2D eigenvalue weighted by Crippen LogP contribution is -2.36. The van der Waals surface area contributed by atoms with Crippen molar-refractivity contribution in [2.45, 2.75) is 38.0 Å². The Morgan fingerprint density at radius 1 is 0.923 bits per heavy atom. The van der Waals surface area contributed by atoms with Crippen molar-refractivity contribution in [1.82, 2.24) is 4.31 Å². The molecule has 1 fully saturated rings. The van der Waals surface area contributed by atoms with Crippen molar-refractivity contribution in [3.05, 3.63) is 40.4 Å². The SMILES string of the molecule is CCOC(=O)CN(CC(=O)OCC)c1cc(Cl)c(Oc2ccc(OC)c(S(=O)(=O)N3CCCCC3)c2)c(Cl)c1. The van der Waals surface area contributed by atoms with Crippen LogP contribution in [0.3, 0.4) is 0 Å².